The Morgan fingerprint density at radius 2 is 2.04 bits per heavy atom. The Morgan fingerprint density at radius 1 is 1.22 bits per heavy atom. The van der Waals surface area contributed by atoms with E-state index in [1.54, 1.807) is 0 Å². The van der Waals surface area contributed by atoms with Crippen molar-refractivity contribution in [1.29, 1.82) is 0 Å². The number of hydrogen-bond acceptors (Lipinski definition) is 4. The van der Waals surface area contributed by atoms with Crippen molar-refractivity contribution < 1.29 is 9.18 Å². The van der Waals surface area contributed by atoms with Crippen LogP contribution in [-0.2, 0) is 4.79 Å². The number of anilines is 1. The highest BCUT2D eigenvalue weighted by atomic mass is 35.5. The summed E-state index contributed by atoms with van der Waals surface area (Å²) in [5.41, 5.74) is 1.28. The molecule has 116 valence electrons. The van der Waals surface area contributed by atoms with Crippen molar-refractivity contribution in [3.05, 3.63) is 59.6 Å². The van der Waals surface area contributed by atoms with Crippen molar-refractivity contribution in [3.63, 3.8) is 0 Å². The zero-order valence-electron chi connectivity index (χ0n) is 11.8. The zero-order valence-corrected chi connectivity index (χ0v) is 13.4. The third-order valence-electron chi connectivity index (χ3n) is 3.05. The molecule has 0 unspecified atom stereocenters. The molecule has 7 heteroatoms. The highest BCUT2D eigenvalue weighted by Gasteiger charge is 2.09. The fourth-order valence-corrected chi connectivity index (χ4v) is 2.97. The quantitative estimate of drug-likeness (QED) is 0.569. The first-order chi connectivity index (χ1) is 11.1. The van der Waals surface area contributed by atoms with E-state index >= 15 is 0 Å². The van der Waals surface area contributed by atoms with Gasteiger partial charge in [-0.15, -0.1) is 0 Å². The molecule has 0 aliphatic carbocycles. The first-order valence-electron chi connectivity index (χ1n) is 6.71. The van der Waals surface area contributed by atoms with Gasteiger partial charge >= 0.3 is 0 Å². The monoisotopic (exact) mass is 347 g/mol. The highest BCUT2D eigenvalue weighted by molar-refractivity contribution is 8.00. The smallest absolute Gasteiger partial charge is 0.234 e. The van der Waals surface area contributed by atoms with Gasteiger partial charge in [0.1, 0.15) is 17.2 Å². The number of carbonyl (C=O) groups is 1. The summed E-state index contributed by atoms with van der Waals surface area (Å²) in [5, 5.41) is 4.28. The Balaban J connectivity index is 1.67. The third kappa shape index (κ3) is 3.78. The summed E-state index contributed by atoms with van der Waals surface area (Å²) in [6, 6.07) is 11.6. The van der Waals surface area contributed by atoms with Crippen LogP contribution in [0, 0.1) is 5.82 Å². The lowest BCUT2D eigenvalue weighted by atomic mass is 10.2. The van der Waals surface area contributed by atoms with E-state index in [1.807, 2.05) is 24.3 Å². The molecule has 3 aromatic rings. The fraction of sp³-hybridized carbons (Fsp3) is 0.0625. The van der Waals surface area contributed by atoms with Gasteiger partial charge in [-0.3, -0.25) is 4.79 Å². The molecule has 23 heavy (non-hydrogen) atoms. The molecule has 4 nitrogen and oxygen atoms in total. The van der Waals surface area contributed by atoms with Crippen LogP contribution in [0.15, 0.2) is 53.8 Å². The minimum absolute atomic E-state index is 0.0303. The number of hydrogen-bond donors (Lipinski definition) is 1. The van der Waals surface area contributed by atoms with Crippen LogP contribution >= 0.6 is 23.4 Å². The van der Waals surface area contributed by atoms with Crippen LogP contribution in [0.2, 0.25) is 5.02 Å². The lowest BCUT2D eigenvalue weighted by Gasteiger charge is -2.07. The average molecular weight is 348 g/mol. The molecule has 0 bridgehead atoms. The van der Waals surface area contributed by atoms with Gasteiger partial charge in [-0.2, -0.15) is 0 Å². The number of rotatable bonds is 4. The standard InChI is InChI=1S/C16H11ClFN3OS/c17-12-7-10(5-6-13(12)18)21-15(22)8-23-16-11-3-1-2-4-14(11)19-9-20-16/h1-7,9H,8H2,(H,21,22). The highest BCUT2D eigenvalue weighted by Crippen LogP contribution is 2.24. The summed E-state index contributed by atoms with van der Waals surface area (Å²) in [5.74, 6) is -0.567. The van der Waals surface area contributed by atoms with Crippen molar-refractivity contribution in [2.24, 2.45) is 0 Å². The molecule has 1 heterocycles. The van der Waals surface area contributed by atoms with Gasteiger partial charge < -0.3 is 5.32 Å². The lowest BCUT2D eigenvalue weighted by molar-refractivity contribution is -0.113. The Kier molecular flexibility index (Phi) is 4.73. The molecule has 2 aromatic carbocycles. The summed E-state index contributed by atoms with van der Waals surface area (Å²) >= 11 is 7.00. The van der Waals surface area contributed by atoms with E-state index in [1.165, 1.54) is 36.3 Å². The van der Waals surface area contributed by atoms with Crippen molar-refractivity contribution in [2.45, 2.75) is 5.03 Å². The largest absolute Gasteiger partial charge is 0.325 e. The van der Waals surface area contributed by atoms with Crippen molar-refractivity contribution in [1.82, 2.24) is 9.97 Å². The maximum absolute atomic E-state index is 13.1. The minimum atomic E-state index is -0.522. The van der Waals surface area contributed by atoms with Gasteiger partial charge in [0.15, 0.2) is 0 Å². The molecule has 0 saturated heterocycles. The number of amides is 1. The summed E-state index contributed by atoms with van der Waals surface area (Å²) < 4.78 is 13.1. The third-order valence-corrected chi connectivity index (χ3v) is 4.34. The number of nitrogens with zero attached hydrogens (tertiary/aromatic N) is 2. The fourth-order valence-electron chi connectivity index (χ4n) is 2.00. The zero-order chi connectivity index (χ0) is 16.2. The van der Waals surface area contributed by atoms with Crippen LogP contribution in [-0.4, -0.2) is 21.6 Å². The topological polar surface area (TPSA) is 54.9 Å². The van der Waals surface area contributed by atoms with E-state index in [9.17, 15) is 9.18 Å². The summed E-state index contributed by atoms with van der Waals surface area (Å²) in [4.78, 5) is 20.4. The number of fused-ring (bicyclic) bond motifs is 1. The van der Waals surface area contributed by atoms with Gasteiger partial charge in [0, 0.05) is 11.1 Å². The van der Waals surface area contributed by atoms with E-state index in [4.69, 9.17) is 11.6 Å². The number of benzene rings is 2. The molecule has 0 aliphatic heterocycles. The van der Waals surface area contributed by atoms with E-state index in [0.717, 1.165) is 15.9 Å². The molecule has 1 N–H and O–H groups in total. The maximum atomic E-state index is 13.1. The molecule has 0 fully saturated rings. The van der Waals surface area contributed by atoms with Crippen LogP contribution in [0.3, 0.4) is 0 Å². The Bertz CT molecular complexity index is 870. The molecular formula is C16H11ClFN3OS. The number of carbonyl (C=O) groups excluding carboxylic acids is 1. The molecule has 0 atom stereocenters. The normalized spacial score (nSPS) is 10.7. The predicted octanol–water partition coefficient (Wildman–Crippen LogP) is 4.15. The number of halogens is 2. The van der Waals surface area contributed by atoms with E-state index < -0.39 is 5.82 Å². The molecule has 1 amide bonds. The van der Waals surface area contributed by atoms with E-state index in [0.29, 0.717) is 5.69 Å². The van der Waals surface area contributed by atoms with Crippen LogP contribution in [0.5, 0.6) is 0 Å². The lowest BCUT2D eigenvalue weighted by Crippen LogP contribution is -2.14. The van der Waals surface area contributed by atoms with Gasteiger partial charge in [0.25, 0.3) is 0 Å². The summed E-state index contributed by atoms with van der Waals surface area (Å²) in [6.07, 6.45) is 1.47. The van der Waals surface area contributed by atoms with E-state index in [-0.39, 0.29) is 16.7 Å². The average Bonchev–Trinajstić information content (AvgIpc) is 2.56. The predicted molar refractivity (Wildman–Crippen MR) is 90.3 cm³/mol. The van der Waals surface area contributed by atoms with Gasteiger partial charge in [-0.25, -0.2) is 14.4 Å². The van der Waals surface area contributed by atoms with Gasteiger partial charge in [-0.05, 0) is 24.3 Å². The van der Waals surface area contributed by atoms with Crippen molar-refractivity contribution >= 4 is 45.9 Å². The van der Waals surface area contributed by atoms with Crippen LogP contribution in [0.1, 0.15) is 0 Å². The van der Waals surface area contributed by atoms with Crippen LogP contribution in [0.25, 0.3) is 10.9 Å². The number of para-hydroxylation sites is 1. The second-order valence-corrected chi connectivity index (χ2v) is 6.03. The number of thioether (sulfide) groups is 1. The van der Waals surface area contributed by atoms with Crippen molar-refractivity contribution in [2.75, 3.05) is 11.1 Å². The Labute approximate surface area is 141 Å². The van der Waals surface area contributed by atoms with Gasteiger partial charge in [0.2, 0.25) is 5.91 Å². The Hall–Kier alpha value is -2.18. The van der Waals surface area contributed by atoms with Gasteiger partial charge in [0.05, 0.1) is 16.3 Å². The van der Waals surface area contributed by atoms with Crippen molar-refractivity contribution in [3.8, 4) is 0 Å². The molecule has 0 saturated carbocycles. The first kappa shape index (κ1) is 15.7. The first-order valence-corrected chi connectivity index (χ1v) is 8.07. The minimum Gasteiger partial charge on any atom is -0.325 e. The molecule has 0 aliphatic rings. The number of aromatic nitrogens is 2. The molecule has 3 rings (SSSR count). The van der Waals surface area contributed by atoms with E-state index in [2.05, 4.69) is 15.3 Å². The Morgan fingerprint density at radius 3 is 2.87 bits per heavy atom. The number of nitrogens with one attached hydrogen (secondary N) is 1. The molecular weight excluding hydrogens is 337 g/mol. The SMILES string of the molecule is O=C(CSc1ncnc2ccccc12)Nc1ccc(F)c(Cl)c1. The molecule has 0 radical (unpaired) electrons. The molecule has 0 spiro atoms. The van der Waals surface area contributed by atoms with Crippen LogP contribution in [0.4, 0.5) is 10.1 Å². The summed E-state index contributed by atoms with van der Waals surface area (Å²) in [7, 11) is 0. The van der Waals surface area contributed by atoms with Gasteiger partial charge in [-0.1, -0.05) is 41.6 Å². The second kappa shape index (κ2) is 6.93. The van der Waals surface area contributed by atoms with Crippen LogP contribution < -0.4 is 5.32 Å². The summed E-state index contributed by atoms with van der Waals surface area (Å²) in [6.45, 7) is 0. The second-order valence-electron chi connectivity index (χ2n) is 4.66. The maximum Gasteiger partial charge on any atom is 0.234 e. The molecule has 1 aromatic heterocycles.